The van der Waals surface area contributed by atoms with Gasteiger partial charge in [-0.25, -0.2) is 8.42 Å². The molecule has 1 aromatic rings. The van der Waals surface area contributed by atoms with Gasteiger partial charge in [0.2, 0.25) is 15.9 Å². The lowest BCUT2D eigenvalue weighted by atomic mass is 9.97. The lowest BCUT2D eigenvalue weighted by Crippen LogP contribution is -2.24. The van der Waals surface area contributed by atoms with Crippen LogP contribution in [0.3, 0.4) is 0 Å². The highest BCUT2D eigenvalue weighted by atomic mass is 32.2. The van der Waals surface area contributed by atoms with E-state index in [0.717, 1.165) is 25.5 Å². The van der Waals surface area contributed by atoms with Crippen molar-refractivity contribution in [3.63, 3.8) is 0 Å². The second-order valence-electron chi connectivity index (χ2n) is 6.31. The van der Waals surface area contributed by atoms with Crippen molar-refractivity contribution in [3.8, 4) is 0 Å². The van der Waals surface area contributed by atoms with E-state index in [9.17, 15) is 13.2 Å². The Bertz CT molecular complexity index is 747. The van der Waals surface area contributed by atoms with Gasteiger partial charge in [0.1, 0.15) is 11.5 Å². The Balaban J connectivity index is 1.77. The van der Waals surface area contributed by atoms with Crippen molar-refractivity contribution in [2.24, 2.45) is 0 Å². The number of sulfonamides is 1. The van der Waals surface area contributed by atoms with Crippen molar-refractivity contribution in [2.75, 3.05) is 19.8 Å². The van der Waals surface area contributed by atoms with Gasteiger partial charge < -0.3 is 9.73 Å². The fourth-order valence-corrected chi connectivity index (χ4v) is 2.96. The predicted molar refractivity (Wildman–Crippen MR) is 98.2 cm³/mol. The van der Waals surface area contributed by atoms with Crippen LogP contribution >= 0.6 is 0 Å². The zero-order chi connectivity index (χ0) is 18.3. The van der Waals surface area contributed by atoms with Crippen LogP contribution in [0, 0.1) is 0 Å². The molecule has 1 N–H and O–H groups in total. The first kappa shape index (κ1) is 19.5. The first-order valence-corrected chi connectivity index (χ1v) is 10.3. The minimum Gasteiger partial charge on any atom is -0.460 e. The highest BCUT2D eigenvalue weighted by Gasteiger charge is 2.13. The number of hydrogen-bond acceptors (Lipinski definition) is 4. The van der Waals surface area contributed by atoms with Crippen LogP contribution in [0.15, 0.2) is 34.3 Å². The summed E-state index contributed by atoms with van der Waals surface area (Å²) in [5, 5.41) is 2.86. The summed E-state index contributed by atoms with van der Waals surface area (Å²) in [5.74, 6) is 0.877. The molecule has 0 spiro atoms. The minimum absolute atomic E-state index is 0.161. The van der Waals surface area contributed by atoms with Crippen LogP contribution in [-0.2, 0) is 21.4 Å². The normalized spacial score (nSPS) is 15.6. The summed E-state index contributed by atoms with van der Waals surface area (Å²) in [6.45, 7) is 0.797. The first-order chi connectivity index (χ1) is 11.8. The monoisotopic (exact) mass is 366 g/mol. The van der Waals surface area contributed by atoms with Gasteiger partial charge in [-0.2, -0.15) is 4.31 Å². The van der Waals surface area contributed by atoms with Gasteiger partial charge in [-0.1, -0.05) is 11.6 Å². The van der Waals surface area contributed by atoms with Crippen LogP contribution in [0.25, 0.3) is 6.08 Å². The molecule has 0 saturated carbocycles. The number of amides is 1. The van der Waals surface area contributed by atoms with E-state index >= 15 is 0 Å². The molecule has 0 unspecified atom stereocenters. The summed E-state index contributed by atoms with van der Waals surface area (Å²) in [7, 11) is -1.76. The summed E-state index contributed by atoms with van der Waals surface area (Å²) in [4.78, 5) is 11.8. The van der Waals surface area contributed by atoms with Gasteiger partial charge in [0, 0.05) is 19.7 Å². The Morgan fingerprint density at radius 2 is 2.16 bits per heavy atom. The van der Waals surface area contributed by atoms with Crippen LogP contribution in [-0.4, -0.2) is 38.5 Å². The standard InChI is InChI=1S/C18H26N2O4S/c1-20(25(2,22)23)14-17-9-8-16(24-17)10-11-18(21)19-13-12-15-6-4-3-5-7-15/h6,8-11H,3-5,7,12-14H2,1-2H3,(H,19,21)/b11-10+. The third kappa shape index (κ3) is 6.88. The molecule has 0 atom stereocenters. The van der Waals surface area contributed by atoms with Crippen LogP contribution in [0.1, 0.15) is 43.6 Å². The number of nitrogens with one attached hydrogen (secondary N) is 1. The summed E-state index contributed by atoms with van der Waals surface area (Å²) >= 11 is 0. The number of carbonyl (C=O) groups excluding carboxylic acids is 1. The van der Waals surface area contributed by atoms with E-state index in [1.54, 1.807) is 18.2 Å². The Morgan fingerprint density at radius 1 is 1.36 bits per heavy atom. The Hall–Kier alpha value is -1.86. The molecule has 0 aliphatic heterocycles. The average molecular weight is 366 g/mol. The number of furan rings is 1. The van der Waals surface area contributed by atoms with Crippen LogP contribution in [0.2, 0.25) is 0 Å². The van der Waals surface area contributed by atoms with E-state index in [-0.39, 0.29) is 12.5 Å². The van der Waals surface area contributed by atoms with Crippen LogP contribution < -0.4 is 5.32 Å². The maximum absolute atomic E-state index is 11.8. The molecule has 0 saturated heterocycles. The molecule has 0 bridgehead atoms. The topological polar surface area (TPSA) is 79.6 Å². The fraction of sp³-hybridized carbons (Fsp3) is 0.500. The predicted octanol–water partition coefficient (Wildman–Crippen LogP) is 2.69. The van der Waals surface area contributed by atoms with Gasteiger partial charge >= 0.3 is 0 Å². The lowest BCUT2D eigenvalue weighted by molar-refractivity contribution is -0.116. The van der Waals surface area contributed by atoms with Crippen LogP contribution in [0.4, 0.5) is 0 Å². The molecule has 7 heteroatoms. The van der Waals surface area contributed by atoms with Gasteiger partial charge in [-0.05, 0) is 50.3 Å². The number of allylic oxidation sites excluding steroid dienone is 1. The van der Waals surface area contributed by atoms with E-state index in [1.807, 2.05) is 0 Å². The second kappa shape index (κ2) is 9.01. The third-order valence-electron chi connectivity index (χ3n) is 4.16. The maximum Gasteiger partial charge on any atom is 0.244 e. The van der Waals surface area contributed by atoms with Crippen molar-refractivity contribution in [1.82, 2.24) is 9.62 Å². The van der Waals surface area contributed by atoms with Gasteiger partial charge in [-0.3, -0.25) is 4.79 Å². The van der Waals surface area contributed by atoms with Crippen molar-refractivity contribution in [2.45, 2.75) is 38.6 Å². The smallest absolute Gasteiger partial charge is 0.244 e. The molecule has 1 heterocycles. The number of hydrogen-bond donors (Lipinski definition) is 1. The molecule has 0 aromatic carbocycles. The van der Waals surface area contributed by atoms with E-state index in [1.165, 1.54) is 35.8 Å². The molecule has 2 rings (SSSR count). The van der Waals surface area contributed by atoms with Gasteiger partial charge in [-0.15, -0.1) is 0 Å². The highest BCUT2D eigenvalue weighted by molar-refractivity contribution is 7.88. The minimum atomic E-state index is -3.25. The summed E-state index contributed by atoms with van der Waals surface area (Å²) in [6, 6.07) is 3.41. The van der Waals surface area contributed by atoms with E-state index < -0.39 is 10.0 Å². The molecule has 138 valence electrons. The molecular weight excluding hydrogens is 340 g/mol. The zero-order valence-corrected chi connectivity index (χ0v) is 15.6. The van der Waals surface area contributed by atoms with Crippen molar-refractivity contribution >= 4 is 22.0 Å². The number of carbonyl (C=O) groups is 1. The van der Waals surface area contributed by atoms with Gasteiger partial charge in [0.05, 0.1) is 12.8 Å². The highest BCUT2D eigenvalue weighted by Crippen LogP contribution is 2.19. The molecule has 1 aliphatic carbocycles. The van der Waals surface area contributed by atoms with E-state index in [2.05, 4.69) is 11.4 Å². The lowest BCUT2D eigenvalue weighted by Gasteiger charge is -2.12. The molecule has 0 radical (unpaired) electrons. The number of rotatable bonds is 8. The second-order valence-corrected chi connectivity index (χ2v) is 8.40. The molecule has 1 amide bonds. The quantitative estimate of drug-likeness (QED) is 0.567. The van der Waals surface area contributed by atoms with Gasteiger partial charge in [0.25, 0.3) is 0 Å². The SMILES string of the molecule is CN(Cc1ccc(/C=C/C(=O)NCCC2=CCCCC2)o1)S(C)(=O)=O. The summed E-state index contributed by atoms with van der Waals surface area (Å²) < 4.78 is 29.5. The van der Waals surface area contributed by atoms with Crippen molar-refractivity contribution in [3.05, 3.63) is 41.4 Å². The summed E-state index contributed by atoms with van der Waals surface area (Å²) in [6.07, 6.45) is 12.1. The summed E-state index contributed by atoms with van der Waals surface area (Å²) in [5.41, 5.74) is 1.43. The Kier molecular flexibility index (Phi) is 7.01. The molecule has 25 heavy (non-hydrogen) atoms. The molecule has 1 aliphatic rings. The maximum atomic E-state index is 11.8. The number of nitrogens with zero attached hydrogens (tertiary/aromatic N) is 1. The van der Waals surface area contributed by atoms with Gasteiger partial charge in [0.15, 0.2) is 0 Å². The largest absolute Gasteiger partial charge is 0.460 e. The molecule has 1 aromatic heterocycles. The third-order valence-corrected chi connectivity index (χ3v) is 5.42. The van der Waals surface area contributed by atoms with Crippen molar-refractivity contribution < 1.29 is 17.6 Å². The zero-order valence-electron chi connectivity index (χ0n) is 14.8. The fourth-order valence-electron chi connectivity index (χ4n) is 2.60. The molecular formula is C18H26N2O4S. The first-order valence-electron chi connectivity index (χ1n) is 8.48. The Labute approximate surface area is 149 Å². The Morgan fingerprint density at radius 3 is 2.84 bits per heavy atom. The van der Waals surface area contributed by atoms with E-state index in [0.29, 0.717) is 18.1 Å². The van der Waals surface area contributed by atoms with Crippen molar-refractivity contribution in [1.29, 1.82) is 0 Å². The van der Waals surface area contributed by atoms with Crippen LogP contribution in [0.5, 0.6) is 0 Å². The molecule has 6 nitrogen and oxygen atoms in total. The average Bonchev–Trinajstić information content (AvgIpc) is 3.00. The van der Waals surface area contributed by atoms with E-state index in [4.69, 9.17) is 4.42 Å². The molecule has 0 fully saturated rings.